The van der Waals surface area contributed by atoms with Crippen LogP contribution in [0.5, 0.6) is 0 Å². The van der Waals surface area contributed by atoms with Gasteiger partial charge in [0, 0.05) is 32.7 Å². The summed E-state index contributed by atoms with van der Waals surface area (Å²) >= 11 is 0. The predicted molar refractivity (Wildman–Crippen MR) is 94.1 cm³/mol. The molecule has 1 aromatic heterocycles. The van der Waals surface area contributed by atoms with Crippen LogP contribution >= 0.6 is 12.4 Å². The molecule has 0 radical (unpaired) electrons. The van der Waals surface area contributed by atoms with Crippen LogP contribution in [-0.4, -0.2) is 47.4 Å². The van der Waals surface area contributed by atoms with Crippen LogP contribution < -0.4 is 5.73 Å². The lowest BCUT2D eigenvalue weighted by Crippen LogP contribution is -2.48. The molecule has 0 bridgehead atoms. The Balaban J connectivity index is 0.00000208. The average molecular weight is 353 g/mol. The van der Waals surface area contributed by atoms with Crippen LogP contribution in [0.4, 0.5) is 0 Å². The van der Waals surface area contributed by atoms with E-state index in [4.69, 9.17) is 15.0 Å². The van der Waals surface area contributed by atoms with Crippen LogP contribution in [0.3, 0.4) is 0 Å². The molecule has 3 rings (SSSR count). The molecule has 2 aromatic rings. The van der Waals surface area contributed by atoms with Crippen molar-refractivity contribution >= 4 is 12.4 Å². The maximum absolute atomic E-state index is 5.91. The number of hydrogen-bond donors (Lipinski definition) is 1. The van der Waals surface area contributed by atoms with Gasteiger partial charge in [-0.15, -0.1) is 12.4 Å². The number of nitrogens with two attached hydrogens (primary N) is 1. The third-order valence-electron chi connectivity index (χ3n) is 4.45. The van der Waals surface area contributed by atoms with Crippen molar-refractivity contribution in [3.63, 3.8) is 0 Å². The summed E-state index contributed by atoms with van der Waals surface area (Å²) in [5.41, 5.74) is 7.09. The SMILES string of the molecule is COC1CCN(Cc2nc(Cc3ccccc3)no2)C(CN)C1.Cl. The number of hydrogen-bond acceptors (Lipinski definition) is 6. The van der Waals surface area contributed by atoms with Gasteiger partial charge in [-0.3, -0.25) is 4.90 Å². The number of nitrogens with zero attached hydrogens (tertiary/aromatic N) is 3. The number of benzene rings is 1. The van der Waals surface area contributed by atoms with Crippen LogP contribution in [0.15, 0.2) is 34.9 Å². The highest BCUT2D eigenvalue weighted by molar-refractivity contribution is 5.85. The Morgan fingerprint density at radius 3 is 2.83 bits per heavy atom. The molecular formula is C17H25ClN4O2. The Morgan fingerprint density at radius 1 is 1.33 bits per heavy atom. The quantitative estimate of drug-likeness (QED) is 0.857. The molecule has 7 heteroatoms. The monoisotopic (exact) mass is 352 g/mol. The highest BCUT2D eigenvalue weighted by Gasteiger charge is 2.28. The molecule has 1 aliphatic heterocycles. The maximum atomic E-state index is 5.91. The van der Waals surface area contributed by atoms with Gasteiger partial charge in [-0.05, 0) is 18.4 Å². The van der Waals surface area contributed by atoms with Gasteiger partial charge in [0.15, 0.2) is 5.82 Å². The van der Waals surface area contributed by atoms with E-state index in [2.05, 4.69) is 27.2 Å². The topological polar surface area (TPSA) is 77.4 Å². The van der Waals surface area contributed by atoms with Crippen molar-refractivity contribution in [1.29, 1.82) is 0 Å². The lowest BCUT2D eigenvalue weighted by atomic mass is 9.99. The fourth-order valence-electron chi connectivity index (χ4n) is 3.11. The number of halogens is 1. The number of piperidine rings is 1. The van der Waals surface area contributed by atoms with E-state index in [0.29, 0.717) is 37.5 Å². The molecule has 0 spiro atoms. The summed E-state index contributed by atoms with van der Waals surface area (Å²) in [5, 5.41) is 4.09. The molecule has 2 unspecified atom stereocenters. The maximum Gasteiger partial charge on any atom is 0.240 e. The molecule has 2 heterocycles. The van der Waals surface area contributed by atoms with Crippen molar-refractivity contribution in [3.05, 3.63) is 47.6 Å². The first-order valence-corrected chi connectivity index (χ1v) is 8.10. The van der Waals surface area contributed by atoms with E-state index in [9.17, 15) is 0 Å². The van der Waals surface area contributed by atoms with Crippen LogP contribution in [0.25, 0.3) is 0 Å². The average Bonchev–Trinajstić information content (AvgIpc) is 3.03. The molecule has 0 aliphatic carbocycles. The molecule has 1 aliphatic rings. The fourth-order valence-corrected chi connectivity index (χ4v) is 3.11. The van der Waals surface area contributed by atoms with E-state index in [-0.39, 0.29) is 12.4 Å². The molecule has 1 aromatic carbocycles. The highest BCUT2D eigenvalue weighted by atomic mass is 35.5. The van der Waals surface area contributed by atoms with E-state index in [0.717, 1.165) is 25.2 Å². The Morgan fingerprint density at radius 2 is 2.12 bits per heavy atom. The van der Waals surface area contributed by atoms with Gasteiger partial charge in [-0.2, -0.15) is 4.98 Å². The Hall–Kier alpha value is -1.47. The second kappa shape index (κ2) is 9.13. The van der Waals surface area contributed by atoms with Crippen molar-refractivity contribution in [3.8, 4) is 0 Å². The smallest absolute Gasteiger partial charge is 0.240 e. The van der Waals surface area contributed by atoms with Crippen molar-refractivity contribution in [2.45, 2.75) is 38.0 Å². The molecule has 24 heavy (non-hydrogen) atoms. The molecule has 6 nitrogen and oxygen atoms in total. The zero-order valence-corrected chi connectivity index (χ0v) is 14.7. The lowest BCUT2D eigenvalue weighted by Gasteiger charge is -2.37. The minimum Gasteiger partial charge on any atom is -0.381 e. The molecule has 2 N–H and O–H groups in total. The van der Waals surface area contributed by atoms with Crippen molar-refractivity contribution in [2.75, 3.05) is 20.2 Å². The number of aromatic nitrogens is 2. The molecule has 132 valence electrons. The number of rotatable bonds is 6. The minimum atomic E-state index is 0. The summed E-state index contributed by atoms with van der Waals surface area (Å²) in [4.78, 5) is 6.83. The second-order valence-corrected chi connectivity index (χ2v) is 6.01. The third kappa shape index (κ3) is 4.77. The normalized spacial score (nSPS) is 21.4. The van der Waals surface area contributed by atoms with E-state index >= 15 is 0 Å². The number of likely N-dealkylation sites (tertiary alicyclic amines) is 1. The summed E-state index contributed by atoms with van der Waals surface area (Å²) in [7, 11) is 1.77. The number of methoxy groups -OCH3 is 1. The van der Waals surface area contributed by atoms with Crippen LogP contribution in [0.1, 0.15) is 30.1 Å². The fraction of sp³-hybridized carbons (Fsp3) is 0.529. The van der Waals surface area contributed by atoms with Crippen LogP contribution in [0, 0.1) is 0 Å². The molecule has 1 fully saturated rings. The first-order valence-electron chi connectivity index (χ1n) is 8.10. The summed E-state index contributed by atoms with van der Waals surface area (Å²) in [6.45, 7) is 2.21. The van der Waals surface area contributed by atoms with Gasteiger partial charge in [-0.1, -0.05) is 35.5 Å². The second-order valence-electron chi connectivity index (χ2n) is 6.01. The lowest BCUT2D eigenvalue weighted by molar-refractivity contribution is 0.00676. The summed E-state index contributed by atoms with van der Waals surface area (Å²) in [5.74, 6) is 1.38. The van der Waals surface area contributed by atoms with E-state index in [1.165, 1.54) is 5.56 Å². The van der Waals surface area contributed by atoms with Gasteiger partial charge in [0.1, 0.15) is 0 Å². The van der Waals surface area contributed by atoms with Crippen molar-refractivity contribution in [2.24, 2.45) is 5.73 Å². The summed E-state index contributed by atoms with van der Waals surface area (Å²) in [6.07, 6.45) is 2.96. The highest BCUT2D eigenvalue weighted by Crippen LogP contribution is 2.21. The predicted octanol–water partition coefficient (Wildman–Crippen LogP) is 2.02. The van der Waals surface area contributed by atoms with Crippen LogP contribution in [-0.2, 0) is 17.7 Å². The van der Waals surface area contributed by atoms with Gasteiger partial charge in [0.25, 0.3) is 0 Å². The Labute approximate surface area is 148 Å². The molecular weight excluding hydrogens is 328 g/mol. The van der Waals surface area contributed by atoms with Gasteiger partial charge >= 0.3 is 0 Å². The molecule has 0 saturated carbocycles. The molecule has 0 amide bonds. The van der Waals surface area contributed by atoms with Crippen molar-refractivity contribution in [1.82, 2.24) is 15.0 Å². The first-order chi connectivity index (χ1) is 11.3. The third-order valence-corrected chi connectivity index (χ3v) is 4.45. The zero-order valence-electron chi connectivity index (χ0n) is 13.9. The van der Waals surface area contributed by atoms with E-state index in [1.807, 2.05) is 18.2 Å². The first kappa shape index (κ1) is 18.9. The Bertz CT molecular complexity index is 608. The van der Waals surface area contributed by atoms with Gasteiger partial charge < -0.3 is 15.0 Å². The van der Waals surface area contributed by atoms with Crippen LogP contribution in [0.2, 0.25) is 0 Å². The van der Waals surface area contributed by atoms with E-state index in [1.54, 1.807) is 7.11 Å². The van der Waals surface area contributed by atoms with Gasteiger partial charge in [-0.25, -0.2) is 0 Å². The van der Waals surface area contributed by atoms with E-state index < -0.39 is 0 Å². The largest absolute Gasteiger partial charge is 0.381 e. The van der Waals surface area contributed by atoms with Gasteiger partial charge in [0.05, 0.1) is 12.6 Å². The Kier molecular flexibility index (Phi) is 7.17. The summed E-state index contributed by atoms with van der Waals surface area (Å²) < 4.78 is 10.9. The van der Waals surface area contributed by atoms with Gasteiger partial charge in [0.2, 0.25) is 5.89 Å². The molecule has 2 atom stereocenters. The van der Waals surface area contributed by atoms with Crippen molar-refractivity contribution < 1.29 is 9.26 Å². The molecule has 1 saturated heterocycles. The standard InChI is InChI=1S/C17H24N4O2.ClH/c1-22-15-7-8-21(14(10-15)11-18)12-17-19-16(20-23-17)9-13-5-3-2-4-6-13;/h2-6,14-15H,7-12,18H2,1H3;1H. The number of ether oxygens (including phenoxy) is 1. The zero-order chi connectivity index (χ0) is 16.1. The summed E-state index contributed by atoms with van der Waals surface area (Å²) in [6, 6.07) is 10.5. The minimum absolute atomic E-state index is 0.